The van der Waals surface area contributed by atoms with E-state index in [1.54, 1.807) is 7.11 Å². The van der Waals surface area contributed by atoms with Crippen LogP contribution in [-0.2, 0) is 17.9 Å². The Bertz CT molecular complexity index is 830. The first-order chi connectivity index (χ1) is 14.1. The Hall–Kier alpha value is -1.76. The van der Waals surface area contributed by atoms with Crippen molar-refractivity contribution in [3.63, 3.8) is 0 Å². The van der Waals surface area contributed by atoms with Crippen molar-refractivity contribution in [3.8, 4) is 11.5 Å². The topological polar surface area (TPSA) is 50.8 Å². The standard InChI is InChI=1S/C22H26BrClN2O3/c1-28-20-12-17(14-25-9-3-11-26-10-2-4-22(26)27)19(23)13-21(20)29-15-16-5-7-18(24)8-6-16/h5-8,12-13,25H,2-4,9-11,14-15H2,1H3. The summed E-state index contributed by atoms with van der Waals surface area (Å²) in [6.07, 6.45) is 2.64. The number of hydrogen-bond donors (Lipinski definition) is 1. The SMILES string of the molecule is COc1cc(CNCCCN2CCCC2=O)c(Br)cc1OCc1ccc(Cl)cc1. The van der Waals surface area contributed by atoms with Gasteiger partial charge >= 0.3 is 0 Å². The van der Waals surface area contributed by atoms with Gasteiger partial charge in [0.25, 0.3) is 0 Å². The maximum atomic E-state index is 11.6. The van der Waals surface area contributed by atoms with E-state index in [1.165, 1.54) is 0 Å². The number of nitrogens with zero attached hydrogens (tertiary/aromatic N) is 1. The van der Waals surface area contributed by atoms with Crippen LogP contribution in [0.1, 0.15) is 30.4 Å². The van der Waals surface area contributed by atoms with E-state index in [9.17, 15) is 4.79 Å². The van der Waals surface area contributed by atoms with Gasteiger partial charge in [-0.2, -0.15) is 0 Å². The second kappa shape index (κ2) is 10.9. The summed E-state index contributed by atoms with van der Waals surface area (Å²) in [4.78, 5) is 13.6. The third-order valence-corrected chi connectivity index (χ3v) is 5.90. The molecular formula is C22H26BrClN2O3. The Morgan fingerprint density at radius 2 is 2.00 bits per heavy atom. The highest BCUT2D eigenvalue weighted by Gasteiger charge is 2.19. The van der Waals surface area contributed by atoms with E-state index in [0.717, 1.165) is 48.1 Å². The number of carbonyl (C=O) groups excluding carboxylic acids is 1. The molecule has 0 radical (unpaired) electrons. The number of rotatable bonds is 10. The minimum atomic E-state index is 0.284. The fraction of sp³-hybridized carbons (Fsp3) is 0.409. The Balaban J connectivity index is 1.50. The number of carbonyl (C=O) groups is 1. The summed E-state index contributed by atoms with van der Waals surface area (Å²) >= 11 is 9.56. The molecule has 0 aliphatic carbocycles. The molecule has 0 spiro atoms. The molecule has 0 atom stereocenters. The fourth-order valence-corrected chi connectivity index (χ4v) is 3.87. The average Bonchev–Trinajstić information content (AvgIpc) is 3.13. The normalized spacial score (nSPS) is 13.8. The van der Waals surface area contributed by atoms with Crippen molar-refractivity contribution >= 4 is 33.4 Å². The highest BCUT2D eigenvalue weighted by molar-refractivity contribution is 9.10. The van der Waals surface area contributed by atoms with Crippen LogP contribution in [0.3, 0.4) is 0 Å². The smallest absolute Gasteiger partial charge is 0.222 e. The van der Waals surface area contributed by atoms with E-state index in [1.807, 2.05) is 41.3 Å². The Labute approximate surface area is 185 Å². The van der Waals surface area contributed by atoms with Gasteiger partial charge in [-0.25, -0.2) is 0 Å². The monoisotopic (exact) mass is 480 g/mol. The second-order valence-electron chi connectivity index (χ2n) is 7.02. The van der Waals surface area contributed by atoms with Crippen LogP contribution in [0.15, 0.2) is 40.9 Å². The zero-order valence-corrected chi connectivity index (χ0v) is 18.9. The molecule has 29 heavy (non-hydrogen) atoms. The number of hydrogen-bond acceptors (Lipinski definition) is 4. The summed E-state index contributed by atoms with van der Waals surface area (Å²) in [5.41, 5.74) is 2.13. The summed E-state index contributed by atoms with van der Waals surface area (Å²) in [5, 5.41) is 4.14. The molecule has 7 heteroatoms. The number of benzene rings is 2. The molecule has 3 rings (SSSR count). The van der Waals surface area contributed by atoms with Crippen LogP contribution in [0.5, 0.6) is 11.5 Å². The number of amides is 1. The quantitative estimate of drug-likeness (QED) is 0.496. The van der Waals surface area contributed by atoms with Gasteiger partial charge in [0.1, 0.15) is 6.61 Å². The van der Waals surface area contributed by atoms with Crippen molar-refractivity contribution in [2.75, 3.05) is 26.7 Å². The molecule has 1 N–H and O–H groups in total. The van der Waals surface area contributed by atoms with Crippen molar-refractivity contribution in [2.45, 2.75) is 32.4 Å². The summed E-state index contributed by atoms with van der Waals surface area (Å²) in [6.45, 7) is 3.73. The molecule has 1 aliphatic heterocycles. The number of methoxy groups -OCH3 is 1. The molecule has 156 valence electrons. The summed E-state index contributed by atoms with van der Waals surface area (Å²) in [6, 6.07) is 11.5. The van der Waals surface area contributed by atoms with E-state index in [0.29, 0.717) is 36.1 Å². The van der Waals surface area contributed by atoms with E-state index >= 15 is 0 Å². The molecule has 1 amide bonds. The van der Waals surface area contributed by atoms with Gasteiger partial charge in [0, 0.05) is 35.6 Å². The first kappa shape index (κ1) is 21.9. The molecule has 0 aromatic heterocycles. The number of nitrogens with one attached hydrogen (secondary N) is 1. The average molecular weight is 482 g/mol. The van der Waals surface area contributed by atoms with Crippen LogP contribution < -0.4 is 14.8 Å². The van der Waals surface area contributed by atoms with Crippen molar-refractivity contribution < 1.29 is 14.3 Å². The van der Waals surface area contributed by atoms with Gasteiger partial charge in [0.2, 0.25) is 5.91 Å². The first-order valence-electron chi connectivity index (χ1n) is 9.79. The largest absolute Gasteiger partial charge is 0.493 e. The second-order valence-corrected chi connectivity index (χ2v) is 8.32. The van der Waals surface area contributed by atoms with E-state index in [2.05, 4.69) is 21.2 Å². The predicted octanol–water partition coefficient (Wildman–Crippen LogP) is 4.79. The lowest BCUT2D eigenvalue weighted by atomic mass is 10.2. The minimum Gasteiger partial charge on any atom is -0.493 e. The van der Waals surface area contributed by atoms with E-state index in [-0.39, 0.29) is 5.91 Å². The van der Waals surface area contributed by atoms with Gasteiger partial charge in [-0.1, -0.05) is 39.7 Å². The lowest BCUT2D eigenvalue weighted by molar-refractivity contribution is -0.127. The van der Waals surface area contributed by atoms with Crippen molar-refractivity contribution in [3.05, 3.63) is 57.0 Å². The predicted molar refractivity (Wildman–Crippen MR) is 119 cm³/mol. The van der Waals surface area contributed by atoms with Crippen LogP contribution in [0.4, 0.5) is 0 Å². The van der Waals surface area contributed by atoms with E-state index < -0.39 is 0 Å². The molecule has 1 aliphatic rings. The van der Waals surface area contributed by atoms with Gasteiger partial charge in [-0.05, 0) is 54.8 Å². The van der Waals surface area contributed by atoms with Crippen LogP contribution in [0, 0.1) is 0 Å². The van der Waals surface area contributed by atoms with Crippen molar-refractivity contribution in [2.24, 2.45) is 0 Å². The molecule has 1 saturated heterocycles. The first-order valence-corrected chi connectivity index (χ1v) is 11.0. The van der Waals surface area contributed by atoms with Crippen LogP contribution >= 0.6 is 27.5 Å². The molecule has 0 bridgehead atoms. The number of likely N-dealkylation sites (tertiary alicyclic amines) is 1. The Kier molecular flexibility index (Phi) is 8.21. The van der Waals surface area contributed by atoms with E-state index in [4.69, 9.17) is 21.1 Å². The Morgan fingerprint density at radius 3 is 2.69 bits per heavy atom. The maximum absolute atomic E-state index is 11.6. The van der Waals surface area contributed by atoms with Crippen LogP contribution in [-0.4, -0.2) is 37.6 Å². The molecule has 2 aromatic carbocycles. The maximum Gasteiger partial charge on any atom is 0.222 e. The third-order valence-electron chi connectivity index (χ3n) is 4.91. The minimum absolute atomic E-state index is 0.284. The van der Waals surface area contributed by atoms with Gasteiger partial charge in [0.05, 0.1) is 7.11 Å². The number of halogens is 2. The molecule has 0 saturated carbocycles. The molecular weight excluding hydrogens is 456 g/mol. The molecule has 5 nitrogen and oxygen atoms in total. The lowest BCUT2D eigenvalue weighted by Gasteiger charge is -2.16. The zero-order chi connectivity index (χ0) is 20.6. The van der Waals surface area contributed by atoms with Gasteiger partial charge < -0.3 is 19.7 Å². The van der Waals surface area contributed by atoms with Crippen molar-refractivity contribution in [1.29, 1.82) is 0 Å². The highest BCUT2D eigenvalue weighted by Crippen LogP contribution is 2.34. The zero-order valence-electron chi connectivity index (χ0n) is 16.5. The summed E-state index contributed by atoms with van der Waals surface area (Å²) < 4.78 is 12.4. The highest BCUT2D eigenvalue weighted by atomic mass is 79.9. The van der Waals surface area contributed by atoms with Crippen LogP contribution in [0.25, 0.3) is 0 Å². The molecule has 1 heterocycles. The summed E-state index contributed by atoms with van der Waals surface area (Å²) in [5.74, 6) is 1.67. The fourth-order valence-electron chi connectivity index (χ4n) is 3.29. The van der Waals surface area contributed by atoms with Gasteiger partial charge in [-0.3, -0.25) is 4.79 Å². The molecule has 2 aromatic rings. The van der Waals surface area contributed by atoms with Crippen LogP contribution in [0.2, 0.25) is 5.02 Å². The summed E-state index contributed by atoms with van der Waals surface area (Å²) in [7, 11) is 1.64. The Morgan fingerprint density at radius 1 is 1.21 bits per heavy atom. The molecule has 1 fully saturated rings. The van der Waals surface area contributed by atoms with Gasteiger partial charge in [-0.15, -0.1) is 0 Å². The number of ether oxygens (including phenoxy) is 2. The third kappa shape index (κ3) is 6.36. The van der Waals surface area contributed by atoms with Gasteiger partial charge in [0.15, 0.2) is 11.5 Å². The molecule has 0 unspecified atom stereocenters. The lowest BCUT2D eigenvalue weighted by Crippen LogP contribution is -2.28. The van der Waals surface area contributed by atoms with Crippen molar-refractivity contribution in [1.82, 2.24) is 10.2 Å².